The molecule has 0 unspecified atom stereocenters. The lowest BCUT2D eigenvalue weighted by atomic mass is 9.82. The summed E-state index contributed by atoms with van der Waals surface area (Å²) in [5, 5.41) is 1.11. The highest BCUT2D eigenvalue weighted by Gasteiger charge is 2.31. The Morgan fingerprint density at radius 1 is 1.10 bits per heavy atom. The van der Waals surface area contributed by atoms with Crippen LogP contribution in [0.3, 0.4) is 0 Å². The number of anilines is 1. The van der Waals surface area contributed by atoms with Gasteiger partial charge in [-0.05, 0) is 42.5 Å². The van der Waals surface area contributed by atoms with Gasteiger partial charge in [0.2, 0.25) is 0 Å². The fraction of sp³-hybridized carbons (Fsp3) is 0.647. The summed E-state index contributed by atoms with van der Waals surface area (Å²) in [5.74, 6) is 0.923. The van der Waals surface area contributed by atoms with Gasteiger partial charge in [0, 0.05) is 24.6 Å². The third kappa shape index (κ3) is 3.91. The van der Waals surface area contributed by atoms with Crippen LogP contribution in [-0.2, 0) is 0 Å². The molecule has 1 aliphatic rings. The molecule has 3 heteroatoms. The molecule has 0 bridgehead atoms. The Bertz CT molecular complexity index is 396. The third-order valence-corrected chi connectivity index (χ3v) is 5.72. The zero-order valence-corrected chi connectivity index (χ0v) is 14.3. The SMILES string of the molecule is COc1ccc(N(C)CC2(CBr)CCCCCC2)cc1. The molecule has 0 amide bonds. The lowest BCUT2D eigenvalue weighted by Crippen LogP contribution is -2.36. The van der Waals surface area contributed by atoms with Crippen molar-refractivity contribution in [3.8, 4) is 5.75 Å². The molecule has 20 heavy (non-hydrogen) atoms. The zero-order chi connectivity index (χ0) is 14.4. The molecule has 0 saturated heterocycles. The van der Waals surface area contributed by atoms with E-state index in [1.165, 1.54) is 44.2 Å². The molecule has 1 aromatic rings. The largest absolute Gasteiger partial charge is 0.497 e. The fourth-order valence-corrected chi connectivity index (χ4v) is 3.98. The van der Waals surface area contributed by atoms with E-state index in [4.69, 9.17) is 4.74 Å². The van der Waals surface area contributed by atoms with Crippen LogP contribution in [0, 0.1) is 5.41 Å². The molecule has 112 valence electrons. The van der Waals surface area contributed by atoms with Gasteiger partial charge in [-0.15, -0.1) is 0 Å². The second-order valence-electron chi connectivity index (χ2n) is 6.10. The molecule has 0 radical (unpaired) electrons. The van der Waals surface area contributed by atoms with Crippen LogP contribution in [0.5, 0.6) is 5.75 Å². The van der Waals surface area contributed by atoms with Gasteiger partial charge in [-0.3, -0.25) is 0 Å². The van der Waals surface area contributed by atoms with E-state index in [2.05, 4.69) is 40.0 Å². The van der Waals surface area contributed by atoms with E-state index in [9.17, 15) is 0 Å². The molecular weight excluding hydrogens is 314 g/mol. The summed E-state index contributed by atoms with van der Waals surface area (Å²) in [5.41, 5.74) is 1.71. The minimum Gasteiger partial charge on any atom is -0.497 e. The van der Waals surface area contributed by atoms with Crippen molar-refractivity contribution in [3.63, 3.8) is 0 Å². The molecule has 0 aliphatic heterocycles. The van der Waals surface area contributed by atoms with Crippen LogP contribution in [0.2, 0.25) is 0 Å². The molecule has 2 nitrogen and oxygen atoms in total. The van der Waals surface area contributed by atoms with Crippen molar-refractivity contribution >= 4 is 21.6 Å². The molecule has 0 atom stereocenters. The first-order valence-electron chi connectivity index (χ1n) is 7.60. The smallest absolute Gasteiger partial charge is 0.119 e. The Hall–Kier alpha value is -0.700. The highest BCUT2D eigenvalue weighted by Crippen LogP contribution is 2.38. The lowest BCUT2D eigenvalue weighted by molar-refractivity contribution is 0.295. The second-order valence-corrected chi connectivity index (χ2v) is 6.66. The molecule has 0 aromatic heterocycles. The third-order valence-electron chi connectivity index (χ3n) is 4.53. The number of halogens is 1. The highest BCUT2D eigenvalue weighted by atomic mass is 79.9. The molecule has 1 aromatic carbocycles. The summed E-state index contributed by atoms with van der Waals surface area (Å²) in [7, 11) is 3.92. The van der Waals surface area contributed by atoms with E-state index in [0.717, 1.165) is 17.6 Å². The molecule has 1 saturated carbocycles. The number of ether oxygens (including phenoxy) is 1. The average Bonchev–Trinajstić information content (AvgIpc) is 2.73. The first kappa shape index (κ1) is 15.7. The maximum Gasteiger partial charge on any atom is 0.119 e. The van der Waals surface area contributed by atoms with Crippen LogP contribution < -0.4 is 9.64 Å². The fourth-order valence-electron chi connectivity index (χ4n) is 3.24. The zero-order valence-electron chi connectivity index (χ0n) is 12.7. The van der Waals surface area contributed by atoms with E-state index < -0.39 is 0 Å². The van der Waals surface area contributed by atoms with Crippen molar-refractivity contribution in [1.82, 2.24) is 0 Å². The summed E-state index contributed by atoms with van der Waals surface area (Å²) >= 11 is 3.78. The van der Waals surface area contributed by atoms with Crippen molar-refractivity contribution in [2.24, 2.45) is 5.41 Å². The first-order chi connectivity index (χ1) is 9.69. The minimum atomic E-state index is 0.436. The molecule has 1 aliphatic carbocycles. The Balaban J connectivity index is 2.05. The average molecular weight is 340 g/mol. The Kier molecular flexibility index (Phi) is 5.76. The van der Waals surface area contributed by atoms with Gasteiger partial charge in [-0.2, -0.15) is 0 Å². The second kappa shape index (κ2) is 7.35. The Morgan fingerprint density at radius 2 is 1.70 bits per heavy atom. The van der Waals surface area contributed by atoms with Gasteiger partial charge in [0.1, 0.15) is 5.75 Å². The molecule has 0 heterocycles. The number of benzene rings is 1. The van der Waals surface area contributed by atoms with Crippen molar-refractivity contribution in [2.45, 2.75) is 38.5 Å². The lowest BCUT2D eigenvalue weighted by Gasteiger charge is -2.36. The quantitative estimate of drug-likeness (QED) is 0.560. The van der Waals surface area contributed by atoms with Crippen LogP contribution >= 0.6 is 15.9 Å². The monoisotopic (exact) mass is 339 g/mol. The van der Waals surface area contributed by atoms with Gasteiger partial charge in [0.05, 0.1) is 7.11 Å². The summed E-state index contributed by atoms with van der Waals surface area (Å²) in [6.07, 6.45) is 8.25. The Labute approximate surface area is 131 Å². The standard InChI is InChI=1S/C17H26BrNO/c1-19(15-7-9-16(20-2)10-8-15)14-17(13-18)11-5-3-4-6-12-17/h7-10H,3-6,11-14H2,1-2H3. The van der Waals surface area contributed by atoms with Crippen molar-refractivity contribution in [1.29, 1.82) is 0 Å². The number of alkyl halides is 1. The van der Waals surface area contributed by atoms with E-state index in [-0.39, 0.29) is 0 Å². The summed E-state index contributed by atoms with van der Waals surface area (Å²) in [4.78, 5) is 2.39. The highest BCUT2D eigenvalue weighted by molar-refractivity contribution is 9.09. The number of methoxy groups -OCH3 is 1. The number of hydrogen-bond donors (Lipinski definition) is 0. The predicted molar refractivity (Wildman–Crippen MR) is 90.2 cm³/mol. The Morgan fingerprint density at radius 3 is 2.20 bits per heavy atom. The minimum absolute atomic E-state index is 0.436. The predicted octanol–water partition coefficient (Wildman–Crippen LogP) is 4.87. The van der Waals surface area contributed by atoms with Crippen LogP contribution in [0.4, 0.5) is 5.69 Å². The van der Waals surface area contributed by atoms with E-state index in [1.54, 1.807) is 7.11 Å². The molecule has 0 spiro atoms. The number of nitrogens with zero attached hydrogens (tertiary/aromatic N) is 1. The summed E-state index contributed by atoms with van der Waals surface area (Å²) in [6.45, 7) is 1.13. The van der Waals surface area contributed by atoms with Crippen LogP contribution in [0.25, 0.3) is 0 Å². The first-order valence-corrected chi connectivity index (χ1v) is 8.72. The van der Waals surface area contributed by atoms with Gasteiger partial charge in [0.15, 0.2) is 0 Å². The van der Waals surface area contributed by atoms with Crippen molar-refractivity contribution in [2.75, 3.05) is 30.9 Å². The van der Waals surface area contributed by atoms with Crippen LogP contribution in [-0.4, -0.2) is 26.0 Å². The molecule has 2 rings (SSSR count). The van der Waals surface area contributed by atoms with Crippen molar-refractivity contribution in [3.05, 3.63) is 24.3 Å². The maximum absolute atomic E-state index is 5.23. The van der Waals surface area contributed by atoms with Gasteiger partial charge in [0.25, 0.3) is 0 Å². The van der Waals surface area contributed by atoms with Gasteiger partial charge in [-0.25, -0.2) is 0 Å². The molecule has 1 fully saturated rings. The van der Waals surface area contributed by atoms with Gasteiger partial charge in [-0.1, -0.05) is 41.6 Å². The van der Waals surface area contributed by atoms with E-state index >= 15 is 0 Å². The summed E-state index contributed by atoms with van der Waals surface area (Å²) < 4.78 is 5.23. The van der Waals surface area contributed by atoms with Gasteiger partial charge >= 0.3 is 0 Å². The van der Waals surface area contributed by atoms with Crippen LogP contribution in [0.1, 0.15) is 38.5 Å². The number of rotatable bonds is 5. The molecular formula is C17H26BrNO. The molecule has 0 N–H and O–H groups in total. The van der Waals surface area contributed by atoms with E-state index in [1.807, 2.05) is 12.1 Å². The number of hydrogen-bond acceptors (Lipinski definition) is 2. The topological polar surface area (TPSA) is 12.5 Å². The van der Waals surface area contributed by atoms with E-state index in [0.29, 0.717) is 5.41 Å². The normalized spacial score (nSPS) is 18.4. The maximum atomic E-state index is 5.23. The summed E-state index contributed by atoms with van der Waals surface area (Å²) in [6, 6.07) is 8.38. The van der Waals surface area contributed by atoms with Gasteiger partial charge < -0.3 is 9.64 Å². The van der Waals surface area contributed by atoms with Crippen LogP contribution in [0.15, 0.2) is 24.3 Å². The van der Waals surface area contributed by atoms with Crippen molar-refractivity contribution < 1.29 is 4.74 Å².